The second-order valence-corrected chi connectivity index (χ2v) is 20.4. The maximum absolute atomic E-state index is 13.4. The molecule has 5 aromatic rings. The maximum Gasteiger partial charge on any atom is 0.286 e. The lowest BCUT2D eigenvalue weighted by Crippen LogP contribution is -2.56. The first-order valence-corrected chi connectivity index (χ1v) is 24.5. The SMILES string of the molecule is Cc1c(COc2cc(OCc3cncc(C#N)c3)c(CN(C)CC(=O)NCC(S(=O)(=O)O)S(=O)(=O)O)cc2I)cccc1-c1cccc(OCc2cn([C@@H]3OC(CF)[C@@H](O)C(O)C3O)nn2)c1C. The average molecular weight is 1100 g/mol. The molecule has 21 nitrogen and oxygen atoms in total. The number of hydrogen-bond donors (Lipinski definition) is 6. The van der Waals surface area contributed by atoms with E-state index in [1.807, 2.05) is 50.2 Å². The Balaban J connectivity index is 1.16. The molecular weight excluding hydrogens is 1050 g/mol. The molecule has 1 aliphatic rings. The largest absolute Gasteiger partial charge is 0.488 e. The number of pyridine rings is 1. The standard InChI is InChI=1S/C43H47FIN7O14S2/c1-24-28(6-4-7-31(24)32-8-5-9-34(25(32)2)65-23-30-19-52(50-49-30)43-42(56)41(55)40(54)37(13-44)66-43)22-64-36-12-35(63-21-27-10-26(14-46)15-47-16-27)29(11-33(36)45)18-51(3)20-38(53)48-17-39(67(57,58)59)68(60,61)62/h4-12,15-16,19,37,39-43,54-56H,13,17-18,20-23H2,1-3H3,(H,48,53)(H,57,58,59)(H,60,61,62)/t37?,40-,41?,42?,43-/m1/s1. The van der Waals surface area contributed by atoms with Crippen LogP contribution in [0.2, 0.25) is 0 Å². The summed E-state index contributed by atoms with van der Waals surface area (Å²) in [5.41, 5.74) is 6.28. The predicted octanol–water partition coefficient (Wildman–Crippen LogP) is 2.77. The second-order valence-electron chi connectivity index (χ2n) is 15.8. The first-order chi connectivity index (χ1) is 32.2. The van der Waals surface area contributed by atoms with E-state index in [1.165, 1.54) is 17.3 Å². The van der Waals surface area contributed by atoms with Crippen molar-refractivity contribution in [1.29, 1.82) is 5.26 Å². The minimum absolute atomic E-state index is 0.00811. The molecule has 0 aliphatic carbocycles. The minimum atomic E-state index is -5.25. The van der Waals surface area contributed by atoms with Crippen LogP contribution in [0.1, 0.15) is 45.3 Å². The third-order valence-electron chi connectivity index (χ3n) is 10.9. The van der Waals surface area contributed by atoms with Gasteiger partial charge in [-0.3, -0.25) is 23.8 Å². The molecule has 6 rings (SSSR count). The lowest BCUT2D eigenvalue weighted by Gasteiger charge is -2.39. The fourth-order valence-corrected chi connectivity index (χ4v) is 9.73. The van der Waals surface area contributed by atoms with Gasteiger partial charge in [0.15, 0.2) is 6.23 Å². The van der Waals surface area contributed by atoms with Crippen LogP contribution in [0.15, 0.2) is 73.2 Å². The Bertz CT molecular complexity index is 2850. The van der Waals surface area contributed by atoms with E-state index < -0.39 is 74.6 Å². The van der Waals surface area contributed by atoms with Gasteiger partial charge in [0.2, 0.25) is 10.5 Å². The average Bonchev–Trinajstić information content (AvgIpc) is 3.75. The summed E-state index contributed by atoms with van der Waals surface area (Å²) in [6.45, 7) is 1.55. The van der Waals surface area contributed by atoms with E-state index in [4.69, 9.17) is 18.9 Å². The number of aromatic nitrogens is 4. The van der Waals surface area contributed by atoms with E-state index in [2.05, 4.69) is 43.2 Å². The van der Waals surface area contributed by atoms with Gasteiger partial charge in [-0.25, -0.2) is 9.07 Å². The summed E-state index contributed by atoms with van der Waals surface area (Å²) in [6, 6.07) is 18.6. The molecule has 68 heavy (non-hydrogen) atoms. The van der Waals surface area contributed by atoms with Crippen molar-refractivity contribution in [3.05, 3.63) is 116 Å². The molecule has 0 bridgehead atoms. The number of nitrogens with one attached hydrogen (secondary N) is 1. The number of aliphatic hydroxyl groups excluding tert-OH is 3. The molecule has 0 saturated carbocycles. The first kappa shape index (κ1) is 52.0. The number of aliphatic hydroxyl groups is 3. The number of carbonyl (C=O) groups excluding carboxylic acids is 1. The third-order valence-corrected chi connectivity index (χ3v) is 14.8. The molecule has 3 aromatic carbocycles. The van der Waals surface area contributed by atoms with Gasteiger partial charge in [0.05, 0.1) is 28.4 Å². The van der Waals surface area contributed by atoms with E-state index >= 15 is 0 Å². The van der Waals surface area contributed by atoms with Crippen molar-refractivity contribution in [2.75, 3.05) is 26.8 Å². The summed E-state index contributed by atoms with van der Waals surface area (Å²) in [5.74, 6) is 0.569. The van der Waals surface area contributed by atoms with Crippen LogP contribution in [0.3, 0.4) is 0 Å². The number of nitrogens with zero attached hydrogens (tertiary/aromatic N) is 6. The Morgan fingerprint density at radius 1 is 0.912 bits per heavy atom. The summed E-state index contributed by atoms with van der Waals surface area (Å²) >= 11 is 2.10. The molecule has 0 spiro atoms. The third kappa shape index (κ3) is 12.8. The number of likely N-dealkylation sites (N-methyl/N-ethyl adjacent to an activating group) is 1. The molecule has 1 aliphatic heterocycles. The van der Waals surface area contributed by atoms with Crippen LogP contribution in [0, 0.1) is 28.7 Å². The lowest BCUT2D eigenvalue weighted by molar-refractivity contribution is -0.250. The number of benzene rings is 3. The summed E-state index contributed by atoms with van der Waals surface area (Å²) in [4.78, 5) is 18.3. The summed E-state index contributed by atoms with van der Waals surface area (Å²) in [5, 5.41) is 50.2. The molecule has 25 heteroatoms. The Kier molecular flexibility index (Phi) is 17.1. The van der Waals surface area contributed by atoms with Crippen molar-refractivity contribution >= 4 is 48.7 Å². The number of amides is 1. The Labute approximate surface area is 404 Å². The monoisotopic (exact) mass is 1100 g/mol. The summed E-state index contributed by atoms with van der Waals surface area (Å²) in [6.07, 6.45) is -3.11. The van der Waals surface area contributed by atoms with E-state index in [1.54, 1.807) is 37.5 Å². The molecule has 364 valence electrons. The zero-order valence-electron chi connectivity index (χ0n) is 36.5. The lowest BCUT2D eigenvalue weighted by atomic mass is 9.93. The molecule has 0 radical (unpaired) electrons. The van der Waals surface area contributed by atoms with Crippen molar-refractivity contribution in [2.24, 2.45) is 0 Å². The minimum Gasteiger partial charge on any atom is -0.488 e. The van der Waals surface area contributed by atoms with Crippen molar-refractivity contribution < 1.29 is 69.4 Å². The van der Waals surface area contributed by atoms with Crippen LogP contribution in [0.4, 0.5) is 4.39 Å². The predicted molar refractivity (Wildman–Crippen MR) is 247 cm³/mol. The highest BCUT2D eigenvalue weighted by molar-refractivity contribution is 14.1. The van der Waals surface area contributed by atoms with Gasteiger partial charge in [-0.05, 0) is 89.5 Å². The maximum atomic E-state index is 13.4. The Hall–Kier alpha value is -5.41. The summed E-state index contributed by atoms with van der Waals surface area (Å²) < 4.78 is 101. The van der Waals surface area contributed by atoms with Gasteiger partial charge in [0.25, 0.3) is 20.2 Å². The van der Waals surface area contributed by atoms with Gasteiger partial charge in [-0.1, -0.05) is 35.5 Å². The van der Waals surface area contributed by atoms with E-state index in [-0.39, 0.29) is 32.9 Å². The van der Waals surface area contributed by atoms with Gasteiger partial charge in [0.1, 0.15) is 79.9 Å². The fraction of sp³-hybridized carbons (Fsp3) is 0.372. The molecular formula is C43H47FIN7O14S2. The fourth-order valence-electron chi connectivity index (χ4n) is 7.22. The smallest absolute Gasteiger partial charge is 0.286 e. The highest BCUT2D eigenvalue weighted by Crippen LogP contribution is 2.36. The molecule has 5 atom stereocenters. The van der Waals surface area contributed by atoms with E-state index in [9.17, 15) is 55.7 Å². The molecule has 3 unspecified atom stereocenters. The van der Waals surface area contributed by atoms with Crippen molar-refractivity contribution in [3.8, 4) is 34.4 Å². The zero-order chi connectivity index (χ0) is 49.5. The molecule has 2 aromatic heterocycles. The van der Waals surface area contributed by atoms with Gasteiger partial charge in [-0.2, -0.15) is 22.1 Å². The van der Waals surface area contributed by atoms with Crippen LogP contribution in [-0.2, 0) is 56.1 Å². The van der Waals surface area contributed by atoms with Crippen LogP contribution in [-0.4, -0.2) is 128 Å². The van der Waals surface area contributed by atoms with Crippen LogP contribution in [0.25, 0.3) is 11.1 Å². The molecule has 1 amide bonds. The number of ether oxygens (including phenoxy) is 4. The van der Waals surface area contributed by atoms with Crippen LogP contribution in [0.5, 0.6) is 17.2 Å². The van der Waals surface area contributed by atoms with Crippen molar-refractivity contribution in [2.45, 2.75) is 75.4 Å². The van der Waals surface area contributed by atoms with Crippen molar-refractivity contribution in [3.63, 3.8) is 0 Å². The first-order valence-electron chi connectivity index (χ1n) is 20.5. The number of alkyl halides is 1. The van der Waals surface area contributed by atoms with Crippen LogP contribution >= 0.6 is 22.6 Å². The number of nitriles is 1. The molecule has 3 heterocycles. The number of carbonyl (C=O) groups is 1. The highest BCUT2D eigenvalue weighted by atomic mass is 127. The van der Waals surface area contributed by atoms with Crippen LogP contribution < -0.4 is 19.5 Å². The number of rotatable bonds is 20. The highest BCUT2D eigenvalue weighted by Gasteiger charge is 2.45. The number of halogens is 2. The zero-order valence-corrected chi connectivity index (χ0v) is 40.3. The Morgan fingerprint density at radius 3 is 2.28 bits per heavy atom. The number of hydrogen-bond acceptors (Lipinski definition) is 17. The van der Waals surface area contributed by atoms with Gasteiger partial charge >= 0.3 is 0 Å². The normalized spacial score (nSPS) is 18.6. The molecule has 1 fully saturated rings. The van der Waals surface area contributed by atoms with Gasteiger partial charge in [0, 0.05) is 36.1 Å². The molecule has 1 saturated heterocycles. The van der Waals surface area contributed by atoms with Crippen molar-refractivity contribution in [1.82, 2.24) is 30.2 Å². The van der Waals surface area contributed by atoms with E-state index in [0.717, 1.165) is 32.5 Å². The summed E-state index contributed by atoms with van der Waals surface area (Å²) in [7, 11) is -8.94. The molecule has 6 N–H and O–H groups in total. The van der Waals surface area contributed by atoms with Gasteiger partial charge in [-0.15, -0.1) is 5.10 Å². The quantitative estimate of drug-likeness (QED) is 0.0482. The van der Waals surface area contributed by atoms with Gasteiger partial charge < -0.3 is 39.6 Å². The van der Waals surface area contributed by atoms with E-state index in [0.29, 0.717) is 43.2 Å². The second kappa shape index (κ2) is 22.3. The topological polar surface area (TPSA) is 306 Å². The Morgan fingerprint density at radius 2 is 1.59 bits per heavy atom.